The molecule has 0 spiro atoms. The maximum Gasteiger partial charge on any atom is 0.387 e. The number of nitrogens with zero attached hydrogens (tertiary/aromatic N) is 1. The van der Waals surface area contributed by atoms with Crippen molar-refractivity contribution in [3.05, 3.63) is 46.1 Å². The lowest BCUT2D eigenvalue weighted by Gasteiger charge is -2.13. The van der Waals surface area contributed by atoms with Gasteiger partial charge in [-0.2, -0.15) is 8.78 Å². The van der Waals surface area contributed by atoms with Gasteiger partial charge in [0.25, 0.3) is 0 Å². The van der Waals surface area contributed by atoms with Crippen molar-refractivity contribution in [2.24, 2.45) is 0 Å². The van der Waals surface area contributed by atoms with Crippen molar-refractivity contribution in [1.29, 1.82) is 0 Å². The maximum absolute atomic E-state index is 12.4. The second-order valence-corrected chi connectivity index (χ2v) is 4.68. The van der Waals surface area contributed by atoms with Crippen LogP contribution in [0.3, 0.4) is 0 Å². The van der Waals surface area contributed by atoms with Gasteiger partial charge in [-0.3, -0.25) is 0 Å². The van der Waals surface area contributed by atoms with Crippen molar-refractivity contribution in [3.63, 3.8) is 0 Å². The number of halogens is 4. The fourth-order valence-corrected chi connectivity index (χ4v) is 2.20. The summed E-state index contributed by atoms with van der Waals surface area (Å²) in [4.78, 5) is 3.92. The number of hydrogen-bond donors (Lipinski definition) is 1. The lowest BCUT2D eigenvalue weighted by Crippen LogP contribution is -2.15. The minimum Gasteiger partial charge on any atom is -0.451 e. The molecular weight excluding hydrogens is 313 g/mol. The Kier molecular flexibility index (Phi) is 5.17. The first-order chi connectivity index (χ1) is 9.56. The van der Waals surface area contributed by atoms with Crippen molar-refractivity contribution in [3.8, 4) is 5.75 Å². The van der Waals surface area contributed by atoms with Crippen LogP contribution >= 0.6 is 23.2 Å². The van der Waals surface area contributed by atoms with E-state index in [-0.39, 0.29) is 17.3 Å². The molecule has 0 saturated heterocycles. The molecule has 0 fully saturated rings. The molecule has 0 aliphatic heterocycles. The number of alkyl halides is 2. The lowest BCUT2D eigenvalue weighted by molar-refractivity contribution is -0.0504. The molecule has 0 atom stereocenters. The Bertz CT molecular complexity index is 565. The van der Waals surface area contributed by atoms with Crippen molar-refractivity contribution >= 4 is 23.2 Å². The smallest absolute Gasteiger partial charge is 0.387 e. The van der Waals surface area contributed by atoms with Crippen LogP contribution in [0.25, 0.3) is 0 Å². The Morgan fingerprint density at radius 3 is 2.75 bits per heavy atom. The molecule has 1 heterocycles. The number of hydrogen-bond acceptors (Lipinski definition) is 4. The summed E-state index contributed by atoms with van der Waals surface area (Å²) in [6.07, 6.45) is 2.78. The Morgan fingerprint density at radius 1 is 1.30 bits per heavy atom. The molecule has 0 aliphatic carbocycles. The van der Waals surface area contributed by atoms with Crippen molar-refractivity contribution in [1.82, 2.24) is 10.3 Å². The molecule has 1 aromatic carbocycles. The van der Waals surface area contributed by atoms with Crippen molar-refractivity contribution in [2.75, 3.05) is 0 Å². The summed E-state index contributed by atoms with van der Waals surface area (Å²) >= 11 is 11.7. The SMILES string of the molecule is FC(F)Oc1c(Cl)cc(Cl)cc1CNCc1cocn1. The second kappa shape index (κ2) is 6.88. The summed E-state index contributed by atoms with van der Waals surface area (Å²) in [5.41, 5.74) is 1.13. The first-order valence-corrected chi connectivity index (χ1v) is 6.32. The van der Waals surface area contributed by atoms with Crippen LogP contribution < -0.4 is 10.1 Å². The summed E-state index contributed by atoms with van der Waals surface area (Å²) in [7, 11) is 0. The molecule has 0 saturated carbocycles. The molecule has 0 aliphatic rings. The number of oxazole rings is 1. The van der Waals surface area contributed by atoms with Gasteiger partial charge in [-0.25, -0.2) is 4.98 Å². The molecule has 0 radical (unpaired) electrons. The molecule has 108 valence electrons. The molecule has 0 amide bonds. The van der Waals surface area contributed by atoms with Crippen LogP contribution in [-0.2, 0) is 13.1 Å². The predicted molar refractivity (Wildman–Crippen MR) is 70.1 cm³/mol. The molecule has 1 aromatic heterocycles. The first-order valence-electron chi connectivity index (χ1n) is 5.57. The van der Waals surface area contributed by atoms with E-state index in [9.17, 15) is 8.78 Å². The first kappa shape index (κ1) is 15.0. The number of nitrogens with one attached hydrogen (secondary N) is 1. The standard InChI is InChI=1S/C12H10Cl2F2N2O2/c13-8-1-7(3-17-4-9-5-19-6-18-9)11(10(14)2-8)20-12(15)16/h1-2,5-6,12,17H,3-4H2. The molecule has 4 nitrogen and oxygen atoms in total. The summed E-state index contributed by atoms with van der Waals surface area (Å²) in [6.45, 7) is -2.30. The molecule has 0 bridgehead atoms. The Balaban J connectivity index is 2.08. The topological polar surface area (TPSA) is 47.3 Å². The van der Waals surface area contributed by atoms with Gasteiger partial charge in [-0.05, 0) is 12.1 Å². The number of rotatable bonds is 6. The second-order valence-electron chi connectivity index (χ2n) is 3.84. The molecule has 8 heteroatoms. The van der Waals surface area contributed by atoms with E-state index in [1.807, 2.05) is 0 Å². The highest BCUT2D eigenvalue weighted by molar-refractivity contribution is 6.35. The Hall–Kier alpha value is -1.37. The maximum atomic E-state index is 12.4. The molecule has 2 rings (SSSR count). The van der Waals surface area contributed by atoms with Gasteiger partial charge in [0.15, 0.2) is 6.39 Å². The molecule has 20 heavy (non-hydrogen) atoms. The van der Waals surface area contributed by atoms with Crippen LogP contribution in [0.1, 0.15) is 11.3 Å². The molecular formula is C12H10Cl2F2N2O2. The monoisotopic (exact) mass is 322 g/mol. The van der Waals surface area contributed by atoms with E-state index in [4.69, 9.17) is 27.6 Å². The predicted octanol–water partition coefficient (Wildman–Crippen LogP) is 3.87. The van der Waals surface area contributed by atoms with Crippen LogP contribution in [0.15, 0.2) is 29.2 Å². The fourth-order valence-electron chi connectivity index (χ4n) is 1.62. The van der Waals surface area contributed by atoms with E-state index in [0.717, 1.165) is 0 Å². The molecule has 1 N–H and O–H groups in total. The van der Waals surface area contributed by atoms with E-state index in [0.29, 0.717) is 22.8 Å². The van der Waals surface area contributed by atoms with Gasteiger partial charge in [-0.15, -0.1) is 0 Å². The zero-order valence-corrected chi connectivity index (χ0v) is 11.6. The van der Waals surface area contributed by atoms with Gasteiger partial charge in [0, 0.05) is 23.7 Å². The zero-order chi connectivity index (χ0) is 14.5. The number of benzene rings is 1. The number of aromatic nitrogens is 1. The van der Waals surface area contributed by atoms with Crippen LogP contribution in [0, 0.1) is 0 Å². The van der Waals surface area contributed by atoms with Gasteiger partial charge in [-0.1, -0.05) is 23.2 Å². The van der Waals surface area contributed by atoms with Crippen LogP contribution in [0.4, 0.5) is 8.78 Å². The van der Waals surface area contributed by atoms with E-state index in [2.05, 4.69) is 15.0 Å². The van der Waals surface area contributed by atoms with E-state index in [1.165, 1.54) is 24.8 Å². The van der Waals surface area contributed by atoms with Gasteiger partial charge in [0.1, 0.15) is 12.0 Å². The quantitative estimate of drug-likeness (QED) is 0.876. The number of ether oxygens (including phenoxy) is 1. The van der Waals surface area contributed by atoms with Gasteiger partial charge in [0.05, 0.1) is 10.7 Å². The lowest BCUT2D eigenvalue weighted by atomic mass is 10.2. The van der Waals surface area contributed by atoms with Crippen LogP contribution in [0.2, 0.25) is 10.0 Å². The Morgan fingerprint density at radius 2 is 2.10 bits per heavy atom. The zero-order valence-electron chi connectivity index (χ0n) is 10.1. The van der Waals surface area contributed by atoms with Crippen LogP contribution in [0.5, 0.6) is 5.75 Å². The van der Waals surface area contributed by atoms with Gasteiger partial charge < -0.3 is 14.5 Å². The Labute approximate surface area is 123 Å². The van der Waals surface area contributed by atoms with Crippen molar-refractivity contribution < 1.29 is 17.9 Å². The average Bonchev–Trinajstić information content (AvgIpc) is 2.86. The minimum absolute atomic E-state index is 0.0380. The van der Waals surface area contributed by atoms with Crippen LogP contribution in [-0.4, -0.2) is 11.6 Å². The highest BCUT2D eigenvalue weighted by Gasteiger charge is 2.15. The van der Waals surface area contributed by atoms with E-state index < -0.39 is 6.61 Å². The normalized spacial score (nSPS) is 11.1. The summed E-state index contributed by atoms with van der Waals surface area (Å²) in [5.74, 6) is -0.0845. The highest BCUT2D eigenvalue weighted by Crippen LogP contribution is 2.33. The van der Waals surface area contributed by atoms with Gasteiger partial charge in [0.2, 0.25) is 0 Å². The van der Waals surface area contributed by atoms with E-state index >= 15 is 0 Å². The summed E-state index contributed by atoms with van der Waals surface area (Å²) in [6, 6.07) is 2.86. The van der Waals surface area contributed by atoms with Crippen molar-refractivity contribution in [2.45, 2.75) is 19.7 Å². The minimum atomic E-state index is -2.96. The molecule has 0 unspecified atom stereocenters. The average molecular weight is 323 g/mol. The highest BCUT2D eigenvalue weighted by atomic mass is 35.5. The largest absolute Gasteiger partial charge is 0.451 e. The third-order valence-corrected chi connectivity index (χ3v) is 2.90. The molecule has 2 aromatic rings. The summed E-state index contributed by atoms with van der Waals surface area (Å²) < 4.78 is 34.0. The van der Waals surface area contributed by atoms with E-state index in [1.54, 1.807) is 0 Å². The third-order valence-electron chi connectivity index (χ3n) is 2.40. The fraction of sp³-hybridized carbons (Fsp3) is 0.250. The summed E-state index contributed by atoms with van der Waals surface area (Å²) in [5, 5.41) is 3.39. The third kappa shape index (κ3) is 4.06. The van der Waals surface area contributed by atoms with Gasteiger partial charge >= 0.3 is 6.61 Å².